The topological polar surface area (TPSA) is 12.0 Å². The van der Waals surface area contributed by atoms with Crippen LogP contribution in [0.15, 0.2) is 46.9 Å². The van der Waals surface area contributed by atoms with E-state index >= 15 is 0 Å². The Balaban J connectivity index is 2.27. The summed E-state index contributed by atoms with van der Waals surface area (Å²) in [5.41, 5.74) is 1.75. The van der Waals surface area contributed by atoms with Gasteiger partial charge < -0.3 is 5.32 Å². The minimum absolute atomic E-state index is 0.0606. The Morgan fingerprint density at radius 1 is 1.25 bits per heavy atom. The molecule has 0 radical (unpaired) electrons. The summed E-state index contributed by atoms with van der Waals surface area (Å²) in [5.74, 6) is -0.215. The molecule has 0 aliphatic heterocycles. The van der Waals surface area contributed by atoms with Crippen LogP contribution in [0.3, 0.4) is 0 Å². The first kappa shape index (κ1) is 15.5. The quantitative estimate of drug-likeness (QED) is 0.782. The van der Waals surface area contributed by atoms with E-state index in [0.717, 1.165) is 16.6 Å². The molecule has 106 valence electrons. The molecule has 0 aliphatic rings. The van der Waals surface area contributed by atoms with Crippen molar-refractivity contribution in [2.75, 3.05) is 6.54 Å². The molecule has 2 aromatic rings. The first-order valence-corrected chi connectivity index (χ1v) is 7.70. The van der Waals surface area contributed by atoms with E-state index in [0.29, 0.717) is 17.0 Å². The number of hydrogen-bond donors (Lipinski definition) is 1. The molecular formula is C16H16BrClFN. The van der Waals surface area contributed by atoms with Gasteiger partial charge in [0, 0.05) is 15.5 Å². The molecule has 2 aromatic carbocycles. The number of likely N-dealkylation sites (N-methyl/N-ethyl adjacent to an activating group) is 1. The van der Waals surface area contributed by atoms with Gasteiger partial charge in [-0.3, -0.25) is 0 Å². The summed E-state index contributed by atoms with van der Waals surface area (Å²) in [5, 5.41) is 3.95. The van der Waals surface area contributed by atoms with E-state index in [2.05, 4.69) is 27.3 Å². The summed E-state index contributed by atoms with van der Waals surface area (Å²) in [6.45, 7) is 2.86. The fraction of sp³-hybridized carbons (Fsp3) is 0.250. The van der Waals surface area contributed by atoms with Gasteiger partial charge in [-0.1, -0.05) is 46.6 Å². The van der Waals surface area contributed by atoms with Crippen molar-refractivity contribution in [2.24, 2.45) is 0 Å². The van der Waals surface area contributed by atoms with Crippen molar-refractivity contribution in [3.63, 3.8) is 0 Å². The van der Waals surface area contributed by atoms with E-state index in [9.17, 15) is 4.39 Å². The Labute approximate surface area is 132 Å². The number of halogens is 3. The van der Waals surface area contributed by atoms with E-state index in [4.69, 9.17) is 11.6 Å². The summed E-state index contributed by atoms with van der Waals surface area (Å²) in [4.78, 5) is 0. The second-order valence-electron chi connectivity index (χ2n) is 4.61. The number of rotatable bonds is 5. The highest BCUT2D eigenvalue weighted by atomic mass is 79.9. The fourth-order valence-electron chi connectivity index (χ4n) is 2.20. The molecule has 4 heteroatoms. The second kappa shape index (κ2) is 7.21. The molecule has 0 saturated heterocycles. The molecule has 0 aliphatic carbocycles. The van der Waals surface area contributed by atoms with Crippen molar-refractivity contribution in [2.45, 2.75) is 19.4 Å². The summed E-state index contributed by atoms with van der Waals surface area (Å²) >= 11 is 9.42. The molecule has 1 N–H and O–H groups in total. The summed E-state index contributed by atoms with van der Waals surface area (Å²) in [7, 11) is 0. The van der Waals surface area contributed by atoms with Crippen LogP contribution >= 0.6 is 27.5 Å². The lowest BCUT2D eigenvalue weighted by Crippen LogP contribution is -2.23. The minimum atomic E-state index is -0.215. The van der Waals surface area contributed by atoms with Gasteiger partial charge in [-0.25, -0.2) is 4.39 Å². The van der Waals surface area contributed by atoms with E-state index < -0.39 is 0 Å². The summed E-state index contributed by atoms with van der Waals surface area (Å²) < 4.78 is 14.9. The first-order valence-electron chi connectivity index (χ1n) is 6.53. The maximum Gasteiger partial charge on any atom is 0.126 e. The number of hydrogen-bond acceptors (Lipinski definition) is 1. The van der Waals surface area contributed by atoms with Crippen LogP contribution in [-0.4, -0.2) is 6.54 Å². The Morgan fingerprint density at radius 3 is 2.75 bits per heavy atom. The van der Waals surface area contributed by atoms with Crippen molar-refractivity contribution in [1.82, 2.24) is 5.32 Å². The molecule has 0 fully saturated rings. The molecule has 0 heterocycles. The van der Waals surface area contributed by atoms with E-state index in [-0.39, 0.29) is 11.9 Å². The van der Waals surface area contributed by atoms with Crippen LogP contribution in [0.2, 0.25) is 5.02 Å². The minimum Gasteiger partial charge on any atom is -0.310 e. The smallest absolute Gasteiger partial charge is 0.126 e. The average Bonchev–Trinajstić information content (AvgIpc) is 2.42. The standard InChI is InChI=1S/C16H16BrClFN/c1-2-20-16(11-4-3-5-13(17)8-11)10-12-9-14(18)6-7-15(12)19/h3-9,16,20H,2,10H2,1H3. The molecule has 20 heavy (non-hydrogen) atoms. The van der Waals surface area contributed by atoms with Gasteiger partial charge in [0.15, 0.2) is 0 Å². The Hall–Kier alpha value is -0.900. The lowest BCUT2D eigenvalue weighted by atomic mass is 9.98. The van der Waals surface area contributed by atoms with E-state index in [1.165, 1.54) is 6.07 Å². The van der Waals surface area contributed by atoms with Crippen LogP contribution in [0.5, 0.6) is 0 Å². The normalized spacial score (nSPS) is 12.4. The number of nitrogens with one attached hydrogen (secondary N) is 1. The monoisotopic (exact) mass is 355 g/mol. The highest BCUT2D eigenvalue weighted by molar-refractivity contribution is 9.10. The van der Waals surface area contributed by atoms with Gasteiger partial charge in [-0.2, -0.15) is 0 Å². The number of benzene rings is 2. The van der Waals surface area contributed by atoms with Gasteiger partial charge in [0.25, 0.3) is 0 Å². The summed E-state index contributed by atoms with van der Waals surface area (Å²) in [6, 6.07) is 12.8. The first-order chi connectivity index (χ1) is 9.60. The SMILES string of the molecule is CCNC(Cc1cc(Cl)ccc1F)c1cccc(Br)c1. The average molecular weight is 357 g/mol. The van der Waals surface area contributed by atoms with E-state index in [1.807, 2.05) is 25.1 Å². The van der Waals surface area contributed by atoms with Gasteiger partial charge in [-0.05, 0) is 54.4 Å². The predicted molar refractivity (Wildman–Crippen MR) is 85.7 cm³/mol. The maximum absolute atomic E-state index is 13.9. The van der Waals surface area contributed by atoms with Crippen LogP contribution < -0.4 is 5.32 Å². The molecule has 1 unspecified atom stereocenters. The zero-order valence-corrected chi connectivity index (χ0v) is 13.5. The highest BCUT2D eigenvalue weighted by Gasteiger charge is 2.14. The molecule has 1 atom stereocenters. The molecule has 0 amide bonds. The Bertz CT molecular complexity index is 588. The van der Waals surface area contributed by atoms with Crippen LogP contribution in [0.25, 0.3) is 0 Å². The van der Waals surface area contributed by atoms with Crippen molar-refractivity contribution < 1.29 is 4.39 Å². The van der Waals surface area contributed by atoms with E-state index in [1.54, 1.807) is 12.1 Å². The van der Waals surface area contributed by atoms with Crippen molar-refractivity contribution >= 4 is 27.5 Å². The van der Waals surface area contributed by atoms with Crippen LogP contribution in [-0.2, 0) is 6.42 Å². The zero-order chi connectivity index (χ0) is 14.5. The maximum atomic E-state index is 13.9. The molecular weight excluding hydrogens is 341 g/mol. The predicted octanol–water partition coefficient (Wildman–Crippen LogP) is 5.13. The molecule has 2 rings (SSSR count). The largest absolute Gasteiger partial charge is 0.310 e. The third-order valence-electron chi connectivity index (χ3n) is 3.13. The molecule has 0 saturated carbocycles. The third kappa shape index (κ3) is 4.05. The second-order valence-corrected chi connectivity index (χ2v) is 5.96. The lowest BCUT2D eigenvalue weighted by Gasteiger charge is -2.19. The van der Waals surface area contributed by atoms with Crippen molar-refractivity contribution in [3.8, 4) is 0 Å². The molecule has 0 spiro atoms. The van der Waals surface area contributed by atoms with Gasteiger partial charge in [0.1, 0.15) is 5.82 Å². The van der Waals surface area contributed by atoms with Crippen molar-refractivity contribution in [1.29, 1.82) is 0 Å². The Kier molecular flexibility index (Phi) is 5.58. The molecule has 0 aromatic heterocycles. The van der Waals surface area contributed by atoms with Gasteiger partial charge >= 0.3 is 0 Å². The van der Waals surface area contributed by atoms with Crippen LogP contribution in [0.1, 0.15) is 24.1 Å². The van der Waals surface area contributed by atoms with Gasteiger partial charge in [0.2, 0.25) is 0 Å². The van der Waals surface area contributed by atoms with Crippen LogP contribution in [0.4, 0.5) is 4.39 Å². The lowest BCUT2D eigenvalue weighted by molar-refractivity contribution is 0.528. The van der Waals surface area contributed by atoms with Gasteiger partial charge in [-0.15, -0.1) is 0 Å². The fourth-order valence-corrected chi connectivity index (χ4v) is 2.81. The highest BCUT2D eigenvalue weighted by Crippen LogP contribution is 2.24. The molecule has 0 bridgehead atoms. The molecule has 1 nitrogen and oxygen atoms in total. The third-order valence-corrected chi connectivity index (χ3v) is 3.86. The van der Waals surface area contributed by atoms with Gasteiger partial charge in [0.05, 0.1) is 0 Å². The van der Waals surface area contributed by atoms with Crippen LogP contribution in [0, 0.1) is 5.82 Å². The summed E-state index contributed by atoms with van der Waals surface area (Å²) in [6.07, 6.45) is 0.566. The Morgan fingerprint density at radius 2 is 2.05 bits per heavy atom. The zero-order valence-electron chi connectivity index (χ0n) is 11.2. The van der Waals surface area contributed by atoms with Crippen molar-refractivity contribution in [3.05, 3.63) is 68.9 Å².